The molecule has 2 aromatic rings. The van der Waals surface area contributed by atoms with Crippen LogP contribution in [0.3, 0.4) is 0 Å². The van der Waals surface area contributed by atoms with Gasteiger partial charge in [0, 0.05) is 38.1 Å². The predicted molar refractivity (Wildman–Crippen MR) is 142 cm³/mol. The zero-order valence-corrected chi connectivity index (χ0v) is 22.9. The summed E-state index contributed by atoms with van der Waals surface area (Å²) in [6, 6.07) is 1.13. The van der Waals surface area contributed by atoms with E-state index in [0.29, 0.717) is 24.7 Å². The van der Waals surface area contributed by atoms with Gasteiger partial charge in [-0.2, -0.15) is 0 Å². The maximum atomic E-state index is 14.6. The van der Waals surface area contributed by atoms with E-state index in [1.807, 2.05) is 6.92 Å². The van der Waals surface area contributed by atoms with E-state index in [1.165, 1.54) is 26.6 Å². The van der Waals surface area contributed by atoms with Crippen molar-refractivity contribution in [3.05, 3.63) is 58.9 Å². The van der Waals surface area contributed by atoms with Gasteiger partial charge in [-0.3, -0.25) is 0 Å². The Kier molecular flexibility index (Phi) is 9.29. The summed E-state index contributed by atoms with van der Waals surface area (Å²) in [5.74, 6) is 0.964. The molecular weight excluding hydrogens is 526 g/mol. The molecule has 0 unspecified atom stereocenters. The van der Waals surface area contributed by atoms with Crippen molar-refractivity contribution in [3.63, 3.8) is 0 Å². The normalized spacial score (nSPS) is 17.2. The fourth-order valence-electron chi connectivity index (χ4n) is 4.47. The first-order valence-corrected chi connectivity index (χ1v) is 12.6. The van der Waals surface area contributed by atoms with E-state index in [4.69, 9.17) is 34.8 Å². The van der Waals surface area contributed by atoms with E-state index in [9.17, 15) is 8.78 Å². The van der Waals surface area contributed by atoms with Gasteiger partial charge >= 0.3 is 0 Å². The maximum absolute atomic E-state index is 14.6. The summed E-state index contributed by atoms with van der Waals surface area (Å²) in [6.45, 7) is 4.29. The summed E-state index contributed by atoms with van der Waals surface area (Å²) in [4.78, 5) is 10.6. The third-order valence-corrected chi connectivity index (χ3v) is 6.74. The number of benzene rings is 1. The van der Waals surface area contributed by atoms with Gasteiger partial charge in [-0.1, -0.05) is 5.92 Å². The van der Waals surface area contributed by atoms with E-state index in [2.05, 4.69) is 26.1 Å². The number of likely N-dealkylation sites (tertiary alicyclic amines) is 1. The molecule has 40 heavy (non-hydrogen) atoms. The summed E-state index contributed by atoms with van der Waals surface area (Å²) >= 11 is 0. The molecule has 1 aromatic carbocycles. The molecule has 10 nitrogen and oxygen atoms in total. The Hall–Kier alpha value is -4.08. The highest BCUT2D eigenvalue weighted by Gasteiger charge is 2.40. The second-order valence-corrected chi connectivity index (χ2v) is 8.99. The number of nitrogens with zero attached hydrogens (tertiary/aromatic N) is 3. The highest BCUT2D eigenvalue weighted by Crippen LogP contribution is 2.34. The number of methoxy groups -OCH3 is 3. The van der Waals surface area contributed by atoms with E-state index in [-0.39, 0.29) is 28.8 Å². The van der Waals surface area contributed by atoms with E-state index >= 15 is 0 Å². The molecule has 0 atom stereocenters. The van der Waals surface area contributed by atoms with E-state index < -0.39 is 24.0 Å². The number of piperidine rings is 1. The lowest BCUT2D eigenvalue weighted by Gasteiger charge is -2.39. The van der Waals surface area contributed by atoms with Crippen LogP contribution in [0.4, 0.5) is 14.7 Å². The molecule has 0 bridgehead atoms. The summed E-state index contributed by atoms with van der Waals surface area (Å²) in [7, 11) is 4.12. The minimum Gasteiger partial charge on any atom is -0.495 e. The highest BCUT2D eigenvalue weighted by molar-refractivity contribution is 5.46. The van der Waals surface area contributed by atoms with Crippen molar-refractivity contribution in [2.75, 3.05) is 52.9 Å². The fourth-order valence-corrected chi connectivity index (χ4v) is 4.47. The molecule has 0 saturated carbocycles. The molecular formula is C28H32F2N4O6. The molecule has 1 spiro atoms. The number of halogens is 2. The Bertz CT molecular complexity index is 1270. The first-order chi connectivity index (χ1) is 19.3. The van der Waals surface area contributed by atoms with E-state index in [0.717, 1.165) is 37.7 Å². The summed E-state index contributed by atoms with van der Waals surface area (Å²) in [6.07, 6.45) is 11.6. The smallest absolute Gasteiger partial charge is 0.227 e. The zero-order valence-electron chi connectivity index (χ0n) is 22.9. The number of hydrogen-bond acceptors (Lipinski definition) is 10. The van der Waals surface area contributed by atoms with Crippen LogP contribution in [0.1, 0.15) is 25.3 Å². The van der Waals surface area contributed by atoms with Gasteiger partial charge in [0.15, 0.2) is 34.7 Å². The lowest BCUT2D eigenvalue weighted by atomic mass is 10.0. The molecule has 2 saturated heterocycles. The average Bonchev–Trinajstić information content (AvgIpc) is 3.43. The number of rotatable bonds is 10. The summed E-state index contributed by atoms with van der Waals surface area (Å²) in [5.41, 5.74) is 0.939. The molecule has 1 aromatic heterocycles. The van der Waals surface area contributed by atoms with Crippen molar-refractivity contribution >= 4 is 5.95 Å². The quantitative estimate of drug-likeness (QED) is 0.262. The molecule has 0 amide bonds. The number of ether oxygens (including phenoxy) is 6. The largest absolute Gasteiger partial charge is 0.495 e. The monoisotopic (exact) mass is 558 g/mol. The number of nitrogens with one attached hydrogen (secondary N) is 1. The standard InChI is InChI=1S/C28H32F2N4O6/c1-6-19(13-22(35-3)18(2)34-9-7-28(8-10-34)39-11-12-40-28)33-27-31-15-20(16-32-27)38-17-21-25(29)23(36-4)14-24(37-5)26(21)30/h1,13-16H,7-12,17H2,2-5H3,(H,31,32,33)/b19-13+,22-18-. The topological polar surface area (TPSA) is 96.4 Å². The molecule has 12 heteroatoms. The number of hydrogen-bond donors (Lipinski definition) is 1. The Morgan fingerprint density at radius 2 is 1.70 bits per heavy atom. The van der Waals surface area contributed by atoms with Crippen LogP contribution >= 0.6 is 0 Å². The van der Waals surface area contributed by atoms with Gasteiger partial charge in [-0.15, -0.1) is 6.42 Å². The third kappa shape index (κ3) is 6.38. The van der Waals surface area contributed by atoms with Crippen LogP contribution in [-0.4, -0.2) is 68.3 Å². The lowest BCUT2D eigenvalue weighted by Crippen LogP contribution is -2.44. The number of terminal acetylenes is 1. The average molecular weight is 559 g/mol. The third-order valence-electron chi connectivity index (χ3n) is 6.74. The maximum Gasteiger partial charge on any atom is 0.227 e. The Balaban J connectivity index is 1.41. The van der Waals surface area contributed by atoms with Crippen molar-refractivity contribution in [2.45, 2.75) is 32.2 Å². The molecule has 2 aliphatic rings. The molecule has 3 heterocycles. The van der Waals surface area contributed by atoms with Gasteiger partial charge in [0.1, 0.15) is 12.4 Å². The highest BCUT2D eigenvalue weighted by atomic mass is 19.1. The van der Waals surface area contributed by atoms with Crippen molar-refractivity contribution in [1.82, 2.24) is 14.9 Å². The molecule has 0 radical (unpaired) electrons. The lowest BCUT2D eigenvalue weighted by molar-refractivity contribution is -0.182. The van der Waals surface area contributed by atoms with Gasteiger partial charge < -0.3 is 38.6 Å². The van der Waals surface area contributed by atoms with Crippen LogP contribution in [0.5, 0.6) is 17.2 Å². The van der Waals surface area contributed by atoms with Crippen LogP contribution in [0.15, 0.2) is 41.7 Å². The van der Waals surface area contributed by atoms with Gasteiger partial charge in [-0.05, 0) is 6.92 Å². The molecule has 214 valence electrons. The Morgan fingerprint density at radius 1 is 1.10 bits per heavy atom. The van der Waals surface area contributed by atoms with Gasteiger partial charge in [0.2, 0.25) is 5.95 Å². The molecule has 2 aliphatic heterocycles. The minimum atomic E-state index is -0.884. The summed E-state index contributed by atoms with van der Waals surface area (Å²) < 4.78 is 61.8. The second kappa shape index (κ2) is 12.8. The van der Waals surface area contributed by atoms with Gasteiger partial charge in [-0.25, -0.2) is 18.7 Å². The first kappa shape index (κ1) is 28.9. The molecule has 0 aliphatic carbocycles. The van der Waals surface area contributed by atoms with Crippen LogP contribution in [0, 0.1) is 24.0 Å². The van der Waals surface area contributed by atoms with Crippen LogP contribution < -0.4 is 19.5 Å². The van der Waals surface area contributed by atoms with Crippen LogP contribution in [0.2, 0.25) is 0 Å². The van der Waals surface area contributed by atoms with Gasteiger partial charge in [0.05, 0.1) is 63.9 Å². The second-order valence-electron chi connectivity index (χ2n) is 8.99. The summed E-state index contributed by atoms with van der Waals surface area (Å²) in [5, 5.41) is 2.96. The van der Waals surface area contributed by atoms with Crippen molar-refractivity contribution in [2.24, 2.45) is 0 Å². The SMILES string of the molecule is C#C/C(=C\C(OC)=C(/C)N1CCC2(CC1)OCCO2)Nc1ncc(OCc2c(F)c(OC)cc(OC)c2F)cn1. The van der Waals surface area contributed by atoms with E-state index in [1.54, 1.807) is 13.2 Å². The van der Waals surface area contributed by atoms with Gasteiger partial charge in [0.25, 0.3) is 0 Å². The van der Waals surface area contributed by atoms with Crippen molar-refractivity contribution < 1.29 is 37.2 Å². The van der Waals surface area contributed by atoms with Crippen molar-refractivity contribution in [3.8, 4) is 29.6 Å². The first-order valence-electron chi connectivity index (χ1n) is 12.6. The Labute approximate surface area is 231 Å². The predicted octanol–water partition coefficient (Wildman–Crippen LogP) is 4.00. The molecule has 4 rings (SSSR count). The fraction of sp³-hybridized carbons (Fsp3) is 0.429. The number of allylic oxidation sites excluding steroid dienone is 3. The minimum absolute atomic E-state index is 0.165. The van der Waals surface area contributed by atoms with Crippen LogP contribution in [0.25, 0.3) is 0 Å². The number of aromatic nitrogens is 2. The van der Waals surface area contributed by atoms with Crippen molar-refractivity contribution in [1.29, 1.82) is 0 Å². The molecule has 2 fully saturated rings. The van der Waals surface area contributed by atoms with Crippen LogP contribution in [-0.2, 0) is 20.8 Å². The zero-order chi connectivity index (χ0) is 28.7. The molecule has 1 N–H and O–H groups in total. The number of anilines is 1. The Morgan fingerprint density at radius 3 is 2.23 bits per heavy atom.